The zero-order valence-corrected chi connectivity index (χ0v) is 13.7. The summed E-state index contributed by atoms with van der Waals surface area (Å²) in [5.41, 5.74) is 2.89. The van der Waals surface area contributed by atoms with Crippen molar-refractivity contribution in [3.05, 3.63) is 108 Å². The van der Waals surface area contributed by atoms with Crippen LogP contribution in [0, 0.1) is 0 Å². The van der Waals surface area contributed by atoms with Gasteiger partial charge in [-0.15, -0.1) is 11.6 Å². The highest BCUT2D eigenvalue weighted by Crippen LogP contribution is 2.45. The Morgan fingerprint density at radius 1 is 0.708 bits per heavy atom. The molecule has 0 bridgehead atoms. The molecule has 0 saturated carbocycles. The number of oxime groups is 1. The molecule has 1 unspecified atom stereocenters. The molecule has 0 aromatic heterocycles. The van der Waals surface area contributed by atoms with Crippen molar-refractivity contribution < 1.29 is 4.84 Å². The Kier molecular flexibility index (Phi) is 3.83. The number of hydrogen-bond donors (Lipinski definition) is 0. The Hall–Kier alpha value is -2.58. The molecule has 118 valence electrons. The van der Waals surface area contributed by atoms with E-state index in [0.29, 0.717) is 0 Å². The summed E-state index contributed by atoms with van der Waals surface area (Å²) in [6, 6.07) is 30.0. The standard InChI is InChI=1S/C21H16ClNO/c22-20-19(16-10-4-1-5-11-16)23-24-21(20,17-12-6-2-7-13-17)18-14-8-3-9-15-18/h1-15,20H. The van der Waals surface area contributed by atoms with Crippen LogP contribution in [0.5, 0.6) is 0 Å². The number of hydrogen-bond acceptors (Lipinski definition) is 2. The molecule has 4 rings (SSSR count). The van der Waals surface area contributed by atoms with Crippen LogP contribution in [0.15, 0.2) is 96.2 Å². The van der Waals surface area contributed by atoms with Crippen LogP contribution in [-0.4, -0.2) is 11.1 Å². The van der Waals surface area contributed by atoms with Crippen LogP contribution in [0.3, 0.4) is 0 Å². The predicted octanol–water partition coefficient (Wildman–Crippen LogP) is 4.97. The summed E-state index contributed by atoms with van der Waals surface area (Å²) in [5, 5.41) is 3.95. The minimum Gasteiger partial charge on any atom is -0.377 e. The van der Waals surface area contributed by atoms with E-state index in [-0.39, 0.29) is 0 Å². The van der Waals surface area contributed by atoms with E-state index in [0.717, 1.165) is 22.4 Å². The molecule has 0 amide bonds. The second-order valence-corrected chi connectivity index (χ2v) is 6.20. The van der Waals surface area contributed by atoms with Crippen LogP contribution in [0.25, 0.3) is 0 Å². The molecule has 2 nitrogen and oxygen atoms in total. The summed E-state index contributed by atoms with van der Waals surface area (Å²) >= 11 is 6.95. The molecule has 1 atom stereocenters. The molecule has 0 N–H and O–H groups in total. The van der Waals surface area contributed by atoms with Crippen LogP contribution in [0.4, 0.5) is 0 Å². The van der Waals surface area contributed by atoms with Gasteiger partial charge < -0.3 is 4.84 Å². The fourth-order valence-corrected chi connectivity index (χ4v) is 3.61. The molecule has 0 spiro atoms. The van der Waals surface area contributed by atoms with Crippen molar-refractivity contribution in [2.45, 2.75) is 11.0 Å². The maximum atomic E-state index is 6.95. The Balaban J connectivity index is 1.85. The summed E-state index contributed by atoms with van der Waals surface area (Å²) in [6.45, 7) is 0. The van der Waals surface area contributed by atoms with Gasteiger partial charge in [-0.25, -0.2) is 0 Å². The van der Waals surface area contributed by atoms with Gasteiger partial charge in [0, 0.05) is 16.7 Å². The molecular formula is C21H16ClNO. The second-order valence-electron chi connectivity index (χ2n) is 5.76. The largest absolute Gasteiger partial charge is 0.377 e. The van der Waals surface area contributed by atoms with E-state index in [1.54, 1.807) is 0 Å². The first-order valence-corrected chi connectivity index (χ1v) is 8.32. The molecule has 0 aliphatic carbocycles. The average molecular weight is 334 g/mol. The first-order valence-electron chi connectivity index (χ1n) is 7.89. The van der Waals surface area contributed by atoms with Gasteiger partial charge >= 0.3 is 0 Å². The van der Waals surface area contributed by atoms with E-state index >= 15 is 0 Å². The summed E-state index contributed by atoms with van der Waals surface area (Å²) < 4.78 is 0. The Morgan fingerprint density at radius 2 is 1.17 bits per heavy atom. The molecule has 1 aliphatic heterocycles. The third-order valence-corrected chi connectivity index (χ3v) is 4.87. The Morgan fingerprint density at radius 3 is 1.67 bits per heavy atom. The molecule has 0 saturated heterocycles. The lowest BCUT2D eigenvalue weighted by atomic mass is 9.81. The highest BCUT2D eigenvalue weighted by atomic mass is 35.5. The van der Waals surface area contributed by atoms with E-state index in [4.69, 9.17) is 16.4 Å². The Labute approximate surface area is 146 Å². The van der Waals surface area contributed by atoms with Crippen molar-refractivity contribution in [3.63, 3.8) is 0 Å². The predicted molar refractivity (Wildman–Crippen MR) is 97.4 cm³/mol. The molecule has 24 heavy (non-hydrogen) atoms. The summed E-state index contributed by atoms with van der Waals surface area (Å²) in [6.07, 6.45) is 0. The lowest BCUT2D eigenvalue weighted by molar-refractivity contribution is 0.0133. The minimum absolute atomic E-state index is 0.426. The monoisotopic (exact) mass is 333 g/mol. The number of alkyl halides is 1. The summed E-state index contributed by atoms with van der Waals surface area (Å²) in [4.78, 5) is 6.05. The maximum Gasteiger partial charge on any atom is 0.209 e. The zero-order chi connectivity index (χ0) is 16.4. The van der Waals surface area contributed by atoms with E-state index < -0.39 is 11.0 Å². The highest BCUT2D eigenvalue weighted by molar-refractivity contribution is 6.36. The van der Waals surface area contributed by atoms with Gasteiger partial charge in [0.2, 0.25) is 5.60 Å². The number of rotatable bonds is 3. The normalized spacial score (nSPS) is 18.7. The van der Waals surface area contributed by atoms with E-state index in [9.17, 15) is 0 Å². The highest BCUT2D eigenvalue weighted by Gasteiger charge is 2.51. The lowest BCUT2D eigenvalue weighted by Gasteiger charge is -2.31. The van der Waals surface area contributed by atoms with Crippen molar-refractivity contribution in [1.29, 1.82) is 0 Å². The van der Waals surface area contributed by atoms with E-state index in [1.165, 1.54) is 0 Å². The first-order chi connectivity index (χ1) is 11.8. The molecular weight excluding hydrogens is 318 g/mol. The van der Waals surface area contributed by atoms with Gasteiger partial charge in [-0.2, -0.15) is 0 Å². The smallest absolute Gasteiger partial charge is 0.209 e. The summed E-state index contributed by atoms with van der Waals surface area (Å²) in [7, 11) is 0. The second kappa shape index (κ2) is 6.14. The van der Waals surface area contributed by atoms with Gasteiger partial charge in [-0.05, 0) is 0 Å². The van der Waals surface area contributed by atoms with Gasteiger partial charge in [0.25, 0.3) is 0 Å². The van der Waals surface area contributed by atoms with Crippen LogP contribution in [-0.2, 0) is 10.4 Å². The van der Waals surface area contributed by atoms with Crippen LogP contribution < -0.4 is 0 Å². The Bertz CT molecular complexity index is 807. The fraction of sp³-hybridized carbons (Fsp3) is 0.0952. The molecule has 1 aliphatic rings. The number of halogens is 1. The van der Waals surface area contributed by atoms with Crippen molar-refractivity contribution in [3.8, 4) is 0 Å². The van der Waals surface area contributed by atoms with E-state index in [2.05, 4.69) is 5.16 Å². The van der Waals surface area contributed by atoms with Gasteiger partial charge in [0.15, 0.2) is 0 Å². The van der Waals surface area contributed by atoms with Crippen molar-refractivity contribution in [1.82, 2.24) is 0 Å². The number of nitrogens with zero attached hydrogens (tertiary/aromatic N) is 1. The number of benzene rings is 3. The zero-order valence-electron chi connectivity index (χ0n) is 13.0. The van der Waals surface area contributed by atoms with Crippen LogP contribution in [0.1, 0.15) is 16.7 Å². The molecule has 1 heterocycles. The maximum absolute atomic E-state index is 6.95. The van der Waals surface area contributed by atoms with E-state index in [1.807, 2.05) is 91.0 Å². The quantitative estimate of drug-likeness (QED) is 0.620. The molecule has 3 heteroatoms. The van der Waals surface area contributed by atoms with Crippen molar-refractivity contribution >= 4 is 17.3 Å². The van der Waals surface area contributed by atoms with Gasteiger partial charge in [0.05, 0.1) is 0 Å². The minimum atomic E-state index is -0.824. The molecule has 3 aromatic rings. The molecule has 0 fully saturated rings. The third kappa shape index (κ3) is 2.31. The third-order valence-electron chi connectivity index (χ3n) is 4.36. The van der Waals surface area contributed by atoms with Crippen molar-refractivity contribution in [2.24, 2.45) is 5.16 Å². The van der Waals surface area contributed by atoms with Crippen LogP contribution in [0.2, 0.25) is 0 Å². The van der Waals surface area contributed by atoms with Crippen LogP contribution >= 0.6 is 11.6 Å². The first kappa shape index (κ1) is 15.0. The molecule has 0 radical (unpaired) electrons. The molecule has 3 aromatic carbocycles. The average Bonchev–Trinajstić information content (AvgIpc) is 3.02. The summed E-state index contributed by atoms with van der Waals surface area (Å²) in [5.74, 6) is 0. The topological polar surface area (TPSA) is 21.6 Å². The SMILES string of the molecule is ClC1C(c2ccccc2)=NOC1(c1ccccc1)c1ccccc1. The van der Waals surface area contributed by atoms with Gasteiger partial charge in [-0.3, -0.25) is 0 Å². The fourth-order valence-electron chi connectivity index (χ4n) is 3.15. The lowest BCUT2D eigenvalue weighted by Crippen LogP contribution is -2.39. The van der Waals surface area contributed by atoms with Crippen molar-refractivity contribution in [2.75, 3.05) is 0 Å². The van der Waals surface area contributed by atoms with Gasteiger partial charge in [-0.1, -0.05) is 96.2 Å². The van der Waals surface area contributed by atoms with Gasteiger partial charge in [0.1, 0.15) is 11.1 Å².